The molecule has 174 valence electrons. The highest BCUT2D eigenvalue weighted by molar-refractivity contribution is 7.89. The number of nitrogens with zero attached hydrogens (tertiary/aromatic N) is 1. The van der Waals surface area contributed by atoms with E-state index in [9.17, 15) is 18.3 Å². The maximum atomic E-state index is 12.4. The SMILES string of the molecule is CC(C)NS(=O)(=O)c1ccc(-c2cccc(N(CCC(C)c3ccccc3)C(=O)O)c2)cc1. The van der Waals surface area contributed by atoms with Gasteiger partial charge < -0.3 is 5.11 Å². The maximum absolute atomic E-state index is 12.4. The van der Waals surface area contributed by atoms with Crippen molar-refractivity contribution in [3.8, 4) is 11.1 Å². The summed E-state index contributed by atoms with van der Waals surface area (Å²) >= 11 is 0. The van der Waals surface area contributed by atoms with E-state index in [0.717, 1.165) is 11.1 Å². The molecule has 0 aliphatic rings. The molecule has 7 heteroatoms. The molecule has 2 N–H and O–H groups in total. The normalized spacial score (nSPS) is 12.5. The van der Waals surface area contributed by atoms with Gasteiger partial charge >= 0.3 is 6.09 Å². The molecule has 3 rings (SSSR count). The van der Waals surface area contributed by atoms with Gasteiger partial charge in [0, 0.05) is 18.3 Å². The third kappa shape index (κ3) is 6.43. The highest BCUT2D eigenvalue weighted by Crippen LogP contribution is 2.27. The van der Waals surface area contributed by atoms with E-state index >= 15 is 0 Å². The number of anilines is 1. The number of nitrogens with one attached hydrogen (secondary N) is 1. The van der Waals surface area contributed by atoms with Crippen LogP contribution in [0.3, 0.4) is 0 Å². The van der Waals surface area contributed by atoms with E-state index in [1.807, 2.05) is 36.4 Å². The van der Waals surface area contributed by atoms with Gasteiger partial charge in [0.15, 0.2) is 0 Å². The fourth-order valence-electron chi connectivity index (χ4n) is 3.66. The van der Waals surface area contributed by atoms with Gasteiger partial charge in [0.1, 0.15) is 0 Å². The van der Waals surface area contributed by atoms with Crippen molar-refractivity contribution in [2.24, 2.45) is 0 Å². The van der Waals surface area contributed by atoms with Crippen LogP contribution in [0.5, 0.6) is 0 Å². The van der Waals surface area contributed by atoms with Crippen LogP contribution >= 0.6 is 0 Å². The van der Waals surface area contributed by atoms with Gasteiger partial charge in [-0.25, -0.2) is 17.9 Å². The van der Waals surface area contributed by atoms with Gasteiger partial charge in [-0.05, 0) is 67.1 Å². The van der Waals surface area contributed by atoms with Crippen molar-refractivity contribution < 1.29 is 18.3 Å². The first-order valence-electron chi connectivity index (χ1n) is 11.0. The van der Waals surface area contributed by atoms with Crippen LogP contribution in [-0.2, 0) is 10.0 Å². The number of benzene rings is 3. The molecule has 0 aromatic heterocycles. The lowest BCUT2D eigenvalue weighted by molar-refractivity contribution is 0.201. The highest BCUT2D eigenvalue weighted by atomic mass is 32.2. The first-order valence-corrected chi connectivity index (χ1v) is 12.4. The third-order valence-corrected chi connectivity index (χ3v) is 7.11. The van der Waals surface area contributed by atoms with Crippen molar-refractivity contribution in [2.45, 2.75) is 44.0 Å². The summed E-state index contributed by atoms with van der Waals surface area (Å²) in [6, 6.07) is 23.7. The average molecular weight is 467 g/mol. The molecule has 3 aromatic rings. The van der Waals surface area contributed by atoms with Crippen molar-refractivity contribution in [3.63, 3.8) is 0 Å². The van der Waals surface area contributed by atoms with Gasteiger partial charge in [0.25, 0.3) is 0 Å². The van der Waals surface area contributed by atoms with Crippen molar-refractivity contribution in [3.05, 3.63) is 84.4 Å². The van der Waals surface area contributed by atoms with Gasteiger partial charge in [-0.3, -0.25) is 4.90 Å². The Balaban J connectivity index is 1.78. The smallest absolute Gasteiger partial charge is 0.411 e. The van der Waals surface area contributed by atoms with Crippen molar-refractivity contribution in [2.75, 3.05) is 11.4 Å². The minimum atomic E-state index is -3.57. The van der Waals surface area contributed by atoms with Crippen LogP contribution in [0, 0.1) is 0 Å². The molecule has 0 aliphatic carbocycles. The van der Waals surface area contributed by atoms with Gasteiger partial charge in [-0.1, -0.05) is 61.5 Å². The molecule has 0 bridgehead atoms. The Hall–Kier alpha value is -3.16. The molecule has 0 heterocycles. The summed E-state index contributed by atoms with van der Waals surface area (Å²) in [5, 5.41) is 9.82. The Labute approximate surface area is 195 Å². The number of amides is 1. The molecule has 0 saturated heterocycles. The molecular weight excluding hydrogens is 436 g/mol. The van der Waals surface area contributed by atoms with Crippen molar-refractivity contribution >= 4 is 21.8 Å². The van der Waals surface area contributed by atoms with E-state index in [0.29, 0.717) is 18.7 Å². The van der Waals surface area contributed by atoms with Crippen LogP contribution < -0.4 is 9.62 Å². The Morgan fingerprint density at radius 1 is 0.909 bits per heavy atom. The Kier molecular flexibility index (Phi) is 7.89. The molecule has 1 atom stereocenters. The molecule has 0 fully saturated rings. The first kappa shape index (κ1) is 24.5. The van der Waals surface area contributed by atoms with Gasteiger partial charge in [-0.15, -0.1) is 0 Å². The third-order valence-electron chi connectivity index (χ3n) is 5.43. The number of carboxylic acid groups (broad SMARTS) is 1. The summed E-state index contributed by atoms with van der Waals surface area (Å²) in [6.45, 7) is 6.00. The second-order valence-corrected chi connectivity index (χ2v) is 10.1. The summed E-state index contributed by atoms with van der Waals surface area (Å²) in [6.07, 6.45) is -0.315. The van der Waals surface area contributed by atoms with Crippen LogP contribution in [0.15, 0.2) is 83.8 Å². The molecule has 1 unspecified atom stereocenters. The fraction of sp³-hybridized carbons (Fsp3) is 0.269. The summed E-state index contributed by atoms with van der Waals surface area (Å²) < 4.78 is 27.3. The topological polar surface area (TPSA) is 86.7 Å². The molecule has 33 heavy (non-hydrogen) atoms. The summed E-state index contributed by atoms with van der Waals surface area (Å²) in [5.41, 5.74) is 3.39. The predicted molar refractivity (Wildman–Crippen MR) is 132 cm³/mol. The minimum Gasteiger partial charge on any atom is -0.465 e. The zero-order valence-corrected chi connectivity index (χ0v) is 19.9. The van der Waals surface area contributed by atoms with Crippen LogP contribution in [0.4, 0.5) is 10.5 Å². The molecule has 1 amide bonds. The number of hydrogen-bond donors (Lipinski definition) is 2. The standard InChI is InChI=1S/C26H30N2O4S/c1-19(2)27-33(31,32)25-14-12-22(13-15-25)23-10-7-11-24(18-23)28(26(29)30)17-16-20(3)21-8-5-4-6-9-21/h4-15,18-20,27H,16-17H2,1-3H3,(H,29,30). The fourth-order valence-corrected chi connectivity index (χ4v) is 4.92. The molecule has 3 aromatic carbocycles. The maximum Gasteiger partial charge on any atom is 0.411 e. The van der Waals surface area contributed by atoms with Crippen molar-refractivity contribution in [1.82, 2.24) is 4.72 Å². The number of rotatable bonds is 9. The largest absolute Gasteiger partial charge is 0.465 e. The molecule has 0 spiro atoms. The Morgan fingerprint density at radius 2 is 1.58 bits per heavy atom. The van der Waals surface area contributed by atoms with E-state index in [4.69, 9.17) is 0 Å². The summed E-state index contributed by atoms with van der Waals surface area (Å²) in [4.78, 5) is 13.5. The minimum absolute atomic E-state index is 0.193. The van der Waals surface area contributed by atoms with E-state index in [2.05, 4.69) is 23.8 Å². The zero-order chi connectivity index (χ0) is 24.0. The quantitative estimate of drug-likeness (QED) is 0.422. The van der Waals surface area contributed by atoms with Gasteiger partial charge in [0.2, 0.25) is 10.0 Å². The second-order valence-electron chi connectivity index (χ2n) is 8.39. The zero-order valence-electron chi connectivity index (χ0n) is 19.1. The lowest BCUT2D eigenvalue weighted by Crippen LogP contribution is -2.31. The molecular formula is C26H30N2O4S. The van der Waals surface area contributed by atoms with E-state index < -0.39 is 16.1 Å². The average Bonchev–Trinajstić information content (AvgIpc) is 2.79. The Morgan fingerprint density at radius 3 is 2.18 bits per heavy atom. The van der Waals surface area contributed by atoms with Crippen LogP contribution in [0.2, 0.25) is 0 Å². The molecule has 0 radical (unpaired) electrons. The van der Waals surface area contributed by atoms with Crippen LogP contribution in [0.1, 0.15) is 38.7 Å². The van der Waals surface area contributed by atoms with E-state index in [1.165, 1.54) is 10.5 Å². The number of sulfonamides is 1. The number of hydrogen-bond acceptors (Lipinski definition) is 3. The predicted octanol–water partition coefficient (Wildman–Crippen LogP) is 5.72. The monoisotopic (exact) mass is 466 g/mol. The first-order chi connectivity index (χ1) is 15.7. The van der Waals surface area contributed by atoms with Gasteiger partial charge in [-0.2, -0.15) is 0 Å². The molecule has 6 nitrogen and oxygen atoms in total. The highest BCUT2D eigenvalue weighted by Gasteiger charge is 2.18. The molecule has 0 saturated carbocycles. The van der Waals surface area contributed by atoms with E-state index in [1.54, 1.807) is 44.2 Å². The van der Waals surface area contributed by atoms with Crippen molar-refractivity contribution in [1.29, 1.82) is 0 Å². The van der Waals surface area contributed by atoms with Crippen LogP contribution in [-0.4, -0.2) is 32.2 Å². The summed E-state index contributed by atoms with van der Waals surface area (Å²) in [5.74, 6) is 0.227. The molecule has 0 aliphatic heterocycles. The van der Waals surface area contributed by atoms with E-state index in [-0.39, 0.29) is 16.9 Å². The second kappa shape index (κ2) is 10.6. The number of carbonyl (C=O) groups is 1. The summed E-state index contributed by atoms with van der Waals surface area (Å²) in [7, 11) is -3.57. The Bertz CT molecular complexity index is 1180. The lowest BCUT2D eigenvalue weighted by Gasteiger charge is -2.22. The lowest BCUT2D eigenvalue weighted by atomic mass is 9.97. The van der Waals surface area contributed by atoms with Crippen LogP contribution in [0.25, 0.3) is 11.1 Å². The van der Waals surface area contributed by atoms with Gasteiger partial charge in [0.05, 0.1) is 4.90 Å².